The van der Waals surface area contributed by atoms with Crippen molar-refractivity contribution >= 4 is 0 Å². The Morgan fingerprint density at radius 2 is 1.80 bits per heavy atom. The highest BCUT2D eigenvalue weighted by Gasteiger charge is 2.18. The van der Waals surface area contributed by atoms with E-state index in [9.17, 15) is 5.26 Å². The van der Waals surface area contributed by atoms with Gasteiger partial charge in [0.2, 0.25) is 5.88 Å². The molecule has 6 heteroatoms. The number of nitrogens with zero attached hydrogens (tertiary/aromatic N) is 2. The molecule has 0 aliphatic heterocycles. The molecule has 0 atom stereocenters. The number of ether oxygens (including phenoxy) is 3. The van der Waals surface area contributed by atoms with Crippen molar-refractivity contribution in [3.8, 4) is 46.0 Å². The lowest BCUT2D eigenvalue weighted by atomic mass is 9.99. The van der Waals surface area contributed by atoms with E-state index >= 15 is 0 Å². The molecule has 2 aromatic heterocycles. The van der Waals surface area contributed by atoms with Crippen LogP contribution in [0.5, 0.6) is 17.4 Å². The summed E-state index contributed by atoms with van der Waals surface area (Å²) in [6.45, 7) is 0. The van der Waals surface area contributed by atoms with Gasteiger partial charge in [0.05, 0.1) is 27.6 Å². The SMILES string of the molecule is COc1ccc(-c2cc(-c3ccco3)nc(OC)c2C#N)cc1OC. The van der Waals surface area contributed by atoms with Crippen molar-refractivity contribution in [3.05, 3.63) is 48.2 Å². The first kappa shape index (κ1) is 16.4. The summed E-state index contributed by atoms with van der Waals surface area (Å²) in [6.07, 6.45) is 1.57. The Bertz CT molecular complexity index is 927. The highest BCUT2D eigenvalue weighted by atomic mass is 16.5. The molecule has 0 saturated heterocycles. The zero-order chi connectivity index (χ0) is 17.8. The van der Waals surface area contributed by atoms with Gasteiger partial charge in [-0.3, -0.25) is 0 Å². The maximum Gasteiger partial charge on any atom is 0.232 e. The predicted octanol–water partition coefficient (Wildman–Crippen LogP) is 3.91. The van der Waals surface area contributed by atoms with Gasteiger partial charge in [-0.2, -0.15) is 5.26 Å². The van der Waals surface area contributed by atoms with Crippen molar-refractivity contribution in [2.75, 3.05) is 21.3 Å². The van der Waals surface area contributed by atoms with Gasteiger partial charge in [-0.15, -0.1) is 0 Å². The highest BCUT2D eigenvalue weighted by Crippen LogP contribution is 2.37. The summed E-state index contributed by atoms with van der Waals surface area (Å²) < 4.78 is 21.4. The molecule has 2 heterocycles. The second-order valence-electron chi connectivity index (χ2n) is 5.10. The molecule has 0 amide bonds. The second kappa shape index (κ2) is 6.97. The number of nitriles is 1. The number of pyridine rings is 1. The Kier molecular flexibility index (Phi) is 4.57. The summed E-state index contributed by atoms with van der Waals surface area (Å²) in [6, 6.07) is 13.0. The van der Waals surface area contributed by atoms with Crippen LogP contribution in [0.2, 0.25) is 0 Å². The largest absolute Gasteiger partial charge is 0.493 e. The number of furan rings is 1. The third-order valence-electron chi connectivity index (χ3n) is 3.76. The zero-order valence-electron chi connectivity index (χ0n) is 14.1. The number of methoxy groups -OCH3 is 3. The lowest BCUT2D eigenvalue weighted by Crippen LogP contribution is -1.98. The van der Waals surface area contributed by atoms with Crippen LogP contribution >= 0.6 is 0 Å². The lowest BCUT2D eigenvalue weighted by molar-refractivity contribution is 0.355. The number of benzene rings is 1. The summed E-state index contributed by atoms with van der Waals surface area (Å²) in [4.78, 5) is 4.37. The van der Waals surface area contributed by atoms with E-state index in [4.69, 9.17) is 18.6 Å². The molecule has 0 aliphatic carbocycles. The Morgan fingerprint density at radius 3 is 2.40 bits per heavy atom. The normalized spacial score (nSPS) is 10.2. The standard InChI is InChI=1S/C19H16N2O4/c1-22-17-7-6-12(9-18(17)23-2)13-10-15(16-5-4-8-25-16)21-19(24-3)14(13)11-20/h4-10H,1-3H3. The van der Waals surface area contributed by atoms with Crippen LogP contribution in [0.1, 0.15) is 5.56 Å². The van der Waals surface area contributed by atoms with Gasteiger partial charge in [-0.25, -0.2) is 4.98 Å². The van der Waals surface area contributed by atoms with Crippen LogP contribution in [0, 0.1) is 11.3 Å². The molecule has 0 saturated carbocycles. The second-order valence-corrected chi connectivity index (χ2v) is 5.10. The lowest BCUT2D eigenvalue weighted by Gasteiger charge is -2.13. The summed E-state index contributed by atoms with van der Waals surface area (Å²) in [5.74, 6) is 2.00. The van der Waals surface area contributed by atoms with E-state index < -0.39 is 0 Å². The first-order valence-corrected chi connectivity index (χ1v) is 7.47. The van der Waals surface area contributed by atoms with E-state index in [1.807, 2.05) is 6.07 Å². The highest BCUT2D eigenvalue weighted by molar-refractivity contribution is 5.78. The summed E-state index contributed by atoms with van der Waals surface area (Å²) in [7, 11) is 4.62. The summed E-state index contributed by atoms with van der Waals surface area (Å²) in [5, 5.41) is 9.59. The van der Waals surface area contributed by atoms with E-state index in [1.165, 1.54) is 7.11 Å². The van der Waals surface area contributed by atoms with Gasteiger partial charge in [0, 0.05) is 5.56 Å². The first-order valence-electron chi connectivity index (χ1n) is 7.47. The fourth-order valence-corrected chi connectivity index (χ4v) is 2.56. The smallest absolute Gasteiger partial charge is 0.232 e. The molecule has 1 aromatic carbocycles. The van der Waals surface area contributed by atoms with E-state index in [-0.39, 0.29) is 5.88 Å². The molecular formula is C19H16N2O4. The molecule has 0 spiro atoms. The number of hydrogen-bond acceptors (Lipinski definition) is 6. The third-order valence-corrected chi connectivity index (χ3v) is 3.76. The average molecular weight is 336 g/mol. The topological polar surface area (TPSA) is 77.5 Å². The third kappa shape index (κ3) is 3.00. The molecule has 0 aliphatic rings. The zero-order valence-corrected chi connectivity index (χ0v) is 14.1. The van der Waals surface area contributed by atoms with Gasteiger partial charge in [-0.05, 0) is 35.9 Å². The predicted molar refractivity (Wildman–Crippen MR) is 91.7 cm³/mol. The molecule has 0 bridgehead atoms. The number of aromatic nitrogens is 1. The van der Waals surface area contributed by atoms with Crippen molar-refractivity contribution in [2.24, 2.45) is 0 Å². The Balaban J connectivity index is 2.24. The maximum absolute atomic E-state index is 9.59. The van der Waals surface area contributed by atoms with Gasteiger partial charge in [-0.1, -0.05) is 6.07 Å². The van der Waals surface area contributed by atoms with Crippen molar-refractivity contribution < 1.29 is 18.6 Å². The summed E-state index contributed by atoms with van der Waals surface area (Å²) >= 11 is 0. The Labute approximate surface area is 145 Å². The number of hydrogen-bond donors (Lipinski definition) is 0. The van der Waals surface area contributed by atoms with Crippen LogP contribution in [0.25, 0.3) is 22.6 Å². The molecule has 25 heavy (non-hydrogen) atoms. The van der Waals surface area contributed by atoms with Gasteiger partial charge < -0.3 is 18.6 Å². The van der Waals surface area contributed by atoms with E-state index in [0.29, 0.717) is 34.1 Å². The van der Waals surface area contributed by atoms with E-state index in [1.54, 1.807) is 50.8 Å². The molecule has 0 radical (unpaired) electrons. The minimum Gasteiger partial charge on any atom is -0.493 e. The van der Waals surface area contributed by atoms with E-state index in [0.717, 1.165) is 5.56 Å². The minimum absolute atomic E-state index is 0.237. The van der Waals surface area contributed by atoms with Gasteiger partial charge in [0.1, 0.15) is 17.3 Å². The molecule has 0 unspecified atom stereocenters. The molecule has 3 rings (SSSR count). The summed E-state index contributed by atoms with van der Waals surface area (Å²) in [5.41, 5.74) is 2.36. The quantitative estimate of drug-likeness (QED) is 0.703. The number of rotatable bonds is 5. The fourth-order valence-electron chi connectivity index (χ4n) is 2.56. The first-order chi connectivity index (χ1) is 12.2. The van der Waals surface area contributed by atoms with Crippen LogP contribution in [0.15, 0.2) is 47.1 Å². The van der Waals surface area contributed by atoms with Crippen molar-refractivity contribution in [1.29, 1.82) is 5.26 Å². The molecule has 0 fully saturated rings. The molecular weight excluding hydrogens is 320 g/mol. The van der Waals surface area contributed by atoms with Crippen LogP contribution in [0.4, 0.5) is 0 Å². The van der Waals surface area contributed by atoms with Crippen molar-refractivity contribution in [2.45, 2.75) is 0 Å². The van der Waals surface area contributed by atoms with Gasteiger partial charge >= 0.3 is 0 Å². The van der Waals surface area contributed by atoms with Crippen molar-refractivity contribution in [3.63, 3.8) is 0 Å². The van der Waals surface area contributed by atoms with Gasteiger partial charge in [0.25, 0.3) is 0 Å². The monoisotopic (exact) mass is 336 g/mol. The fraction of sp³-hybridized carbons (Fsp3) is 0.158. The van der Waals surface area contributed by atoms with Crippen LogP contribution < -0.4 is 14.2 Å². The Morgan fingerprint density at radius 1 is 1.00 bits per heavy atom. The van der Waals surface area contributed by atoms with Gasteiger partial charge in [0.15, 0.2) is 17.3 Å². The van der Waals surface area contributed by atoms with Crippen molar-refractivity contribution in [1.82, 2.24) is 4.98 Å². The molecule has 3 aromatic rings. The van der Waals surface area contributed by atoms with Crippen LogP contribution in [-0.4, -0.2) is 26.3 Å². The Hall–Kier alpha value is -3.46. The molecule has 6 nitrogen and oxygen atoms in total. The molecule has 126 valence electrons. The van der Waals surface area contributed by atoms with Crippen LogP contribution in [0.3, 0.4) is 0 Å². The van der Waals surface area contributed by atoms with E-state index in [2.05, 4.69) is 11.1 Å². The average Bonchev–Trinajstić information content (AvgIpc) is 3.21. The minimum atomic E-state index is 0.237. The van der Waals surface area contributed by atoms with Crippen LogP contribution in [-0.2, 0) is 0 Å². The molecule has 0 N–H and O–H groups in total. The maximum atomic E-state index is 9.59.